The molecule has 1 saturated carbocycles. The number of carbonyl (C=O) groups excluding carboxylic acids is 11. The van der Waals surface area contributed by atoms with E-state index < -0.39 is 73.1 Å². The minimum atomic E-state index is -1.44. The molecule has 0 spiro atoms. The third kappa shape index (κ3) is 43.5. The molecule has 9 heterocycles. The summed E-state index contributed by atoms with van der Waals surface area (Å²) in [6, 6.07) is 30.2. The van der Waals surface area contributed by atoms with Gasteiger partial charge < -0.3 is 68.5 Å². The Morgan fingerprint density at radius 3 is 1.70 bits per heavy atom. The fraction of sp³-hybridized carbons (Fsp3) is 0.405. The van der Waals surface area contributed by atoms with E-state index in [1.807, 2.05) is 36.4 Å². The standard InChI is InChI=1S/C27H29FN4O4S.C11H11NO6S.C11H10O3S.C10H10O2S.C10H8O2S.C4H6O4.C4H8O.C2H3BO2.C2H4O2.C2H6.CH4.Al.Fe.Li.Mn.Na.2O.4H/c1-35-24-5-3-19-25(32-24)17(18(28)13-29-19)11-22(33)27-8-6-26(7-9-27,15-36-27)30-12-16-2-4-21-20(10-16)31-23(34)14-37-21;1-17-10(13)6-19-9-4-3-7(11(14)18-2)5-8(9)12(15)16;1-14-11(13)7-2-3-10-8(4-7)5-9(12)6-15-10;2*11-5-7-1-2-10-8(3-7)4-9(12)6-13-10;1-3(5)7-8-4(2)6;1-2-4-5-3-1;1-2(4)5-3;1-2(3)4;1-2;;;;;;;;;;;;/h2-5,10,13,22,30,33H,6-9,11-12,14-15H2,1H3,(H,31,34);3-5H,6H2,1-2H3;2-4H,5-6H2,1H3;1-3,11H,4-6H2;1-3,5H,4,6H2;1-2H3;1-4H2;1H3;1H3,(H,3,4);1-2H3;1H4;;;;;;;;;;;/q;;;;;;;-1;;;;;;+1;;+1;;;;;;-1/t22-,26?,27?;;;;;;;;;;;;;;;;;;;;;/m0...................../s1/i;;;;;;;;;1D;;;;;;;;;;;;. The summed E-state index contributed by atoms with van der Waals surface area (Å²) in [5.41, 5.74) is 7.22. The van der Waals surface area contributed by atoms with Gasteiger partial charge in [0.05, 0.1) is 126 Å². The SMILES string of the molecule is C.C1CCOC1.CC(=O)O.CC(=O)OOC(C)=O.COC(=O)CSc1ccc(C(=O)OC)cc1[N+](=O)[O-].COC(=O)c1ccc2c(c1)CC(=O)CS2.COc1ccc2ncc(F)c(C[C@H](O)C34CCC(NCc5ccc6c(c5)NC(=O)CS6)(CC3)CO4)c2n1.O=C1CSc2ccc(CO)cc2C1.O=Cc1ccc2c(c1)CC(=O)CS2.[2H]CC.[AlH3].[B-]OC(C)=O.[Fe].[H-].[Li+].[Na+].[O]=[Mn]=[O]. The summed E-state index contributed by atoms with van der Waals surface area (Å²) in [6.45, 7) is 10.1. The van der Waals surface area contributed by atoms with Crippen LogP contribution in [-0.4, -0.2) is 221 Å². The number of nitrogens with one attached hydrogen (secondary N) is 2. The molecule has 4 fully saturated rings. The van der Waals surface area contributed by atoms with Crippen molar-refractivity contribution in [2.75, 3.05) is 82.3 Å². The molecular weight excluding hydrogens is 1880 g/mol. The average Bonchev–Trinajstić information content (AvgIpc) is 0.837. The van der Waals surface area contributed by atoms with E-state index in [9.17, 15) is 72.4 Å². The number of esters is 3. The number of benzene rings is 5. The number of anilines is 1. The number of pyridine rings is 2. The van der Waals surface area contributed by atoms with Crippen molar-refractivity contribution in [2.24, 2.45) is 0 Å². The summed E-state index contributed by atoms with van der Waals surface area (Å²) < 4.78 is 71.5. The van der Waals surface area contributed by atoms with Gasteiger partial charge in [-0.3, -0.25) is 53.5 Å². The molecule has 8 aliphatic rings. The van der Waals surface area contributed by atoms with E-state index in [2.05, 4.69) is 69.4 Å². The second-order valence-electron chi connectivity index (χ2n) is 26.5. The van der Waals surface area contributed by atoms with Crippen LogP contribution in [0.25, 0.3) is 11.0 Å². The topological polar surface area (TPSA) is 476 Å². The van der Waals surface area contributed by atoms with Gasteiger partial charge in [-0.05, 0) is 133 Å². The number of fused-ring (bicyclic) bond motifs is 8. The van der Waals surface area contributed by atoms with Crippen LogP contribution in [0.2, 0.25) is 0 Å². The zero-order chi connectivity index (χ0) is 92.8. The number of aldehydes is 1. The van der Waals surface area contributed by atoms with Gasteiger partial charge in [-0.25, -0.2) is 38.3 Å². The molecule has 2 bridgehead atoms. The number of carboxylic acids is 1. The number of carbonyl (C=O) groups is 12. The first-order valence-electron chi connectivity index (χ1n) is 38.2. The van der Waals surface area contributed by atoms with Crippen LogP contribution in [0.15, 0.2) is 134 Å². The molecule has 7 aromatic rings. The van der Waals surface area contributed by atoms with Crippen molar-refractivity contribution in [3.63, 3.8) is 0 Å². The molecule has 3 radical (unpaired) electrons. The zero-order valence-electron chi connectivity index (χ0n) is 73.5. The Hall–Kier alpha value is -7.39. The van der Waals surface area contributed by atoms with Gasteiger partial charge in [0.1, 0.15) is 29.5 Å². The molecule has 33 nitrogen and oxygen atoms in total. The number of rotatable bonds is 15. The van der Waals surface area contributed by atoms with Crippen LogP contribution < -0.4 is 63.8 Å². The minimum absolute atomic E-state index is 0. The average molecular weight is 1990 g/mol. The molecule has 1 amide bonds. The van der Waals surface area contributed by atoms with Crippen LogP contribution in [-0.2, 0) is 160 Å². The van der Waals surface area contributed by atoms with E-state index in [-0.39, 0.29) is 161 Å². The van der Waals surface area contributed by atoms with Crippen LogP contribution in [0.4, 0.5) is 15.8 Å². The van der Waals surface area contributed by atoms with Gasteiger partial charge in [-0.2, -0.15) is 0 Å². The predicted octanol–water partition coefficient (Wildman–Crippen LogP) is 4.95. The predicted molar refractivity (Wildman–Crippen MR) is 471 cm³/mol. The maximum absolute atomic E-state index is 14.8. The van der Waals surface area contributed by atoms with Gasteiger partial charge in [0, 0.05) is 140 Å². The Balaban J connectivity index is -0.00000150. The van der Waals surface area contributed by atoms with E-state index in [1.54, 1.807) is 78.6 Å². The molecule has 15 rings (SSSR count). The van der Waals surface area contributed by atoms with E-state index in [4.69, 9.17) is 38.3 Å². The number of ether oxygens (including phenoxy) is 6. The molecule has 2 aromatic heterocycles. The second kappa shape index (κ2) is 66.1. The normalized spacial score (nSPS) is 15.7. The Kier molecular flexibility index (Phi) is 62.3. The first-order chi connectivity index (χ1) is 59.6. The number of nitrogens with zero attached hydrogens (tertiary/aromatic N) is 3. The van der Waals surface area contributed by atoms with Crippen LogP contribution in [0.5, 0.6) is 5.88 Å². The number of aromatic nitrogens is 2. The molecule has 3 saturated heterocycles. The Morgan fingerprint density at radius 1 is 0.744 bits per heavy atom. The van der Waals surface area contributed by atoms with Crippen molar-refractivity contribution in [1.82, 2.24) is 15.3 Å². The van der Waals surface area contributed by atoms with Crippen LogP contribution >= 0.6 is 58.8 Å². The fourth-order valence-corrected chi connectivity index (χ4v) is 16.2. The number of methoxy groups -OCH3 is 4. The Labute approximate surface area is 833 Å². The number of nitro groups is 1. The van der Waals surface area contributed by atoms with Crippen LogP contribution in [0.1, 0.15) is 155 Å². The number of carboxylic acid groups (broad SMARTS) is 1. The van der Waals surface area contributed by atoms with E-state index in [1.165, 1.54) is 83.2 Å². The number of aliphatic hydroxyl groups is 2. The number of nitro benzene ring substituents is 1. The summed E-state index contributed by atoms with van der Waals surface area (Å²) in [5.74, 6) is -1.38. The van der Waals surface area contributed by atoms with Gasteiger partial charge in [0.25, 0.3) is 11.7 Å². The molecule has 129 heavy (non-hydrogen) atoms. The van der Waals surface area contributed by atoms with Gasteiger partial charge in [0.15, 0.2) is 17.4 Å². The van der Waals surface area contributed by atoms with Crippen molar-refractivity contribution in [3.8, 4) is 5.88 Å². The maximum atomic E-state index is 14.8. The molecule has 5 N–H and O–H groups in total. The number of hydrogen-bond acceptors (Lipinski definition) is 35. The Bertz CT molecular complexity index is 4940. The van der Waals surface area contributed by atoms with E-state index in [0.717, 1.165) is 119 Å². The van der Waals surface area contributed by atoms with Crippen molar-refractivity contribution in [1.29, 1.82) is 0 Å². The first kappa shape index (κ1) is 122. The second-order valence-corrected chi connectivity index (χ2v) is 31.8. The molecule has 7 aliphatic heterocycles. The number of aliphatic carboxylic acids is 1. The van der Waals surface area contributed by atoms with Crippen LogP contribution in [0, 0.1) is 15.9 Å². The van der Waals surface area contributed by atoms with Crippen molar-refractivity contribution >= 4 is 178 Å². The molecule has 5 aromatic carbocycles. The number of amides is 1. The number of hydrogen-bond donors (Lipinski definition) is 5. The summed E-state index contributed by atoms with van der Waals surface area (Å²) in [6.07, 6.45) is 8.25. The monoisotopic (exact) mass is 1990 g/mol. The molecule has 0 unspecified atom stereocenters. The molecule has 692 valence electrons. The summed E-state index contributed by atoms with van der Waals surface area (Å²) in [7, 11) is 9.60. The third-order valence-corrected chi connectivity index (χ3v) is 23.4. The number of thioether (sulfide) groups is 5. The van der Waals surface area contributed by atoms with Gasteiger partial charge in [0.2, 0.25) is 17.8 Å². The van der Waals surface area contributed by atoms with E-state index in [0.29, 0.717) is 109 Å². The number of aliphatic hydroxyl groups excluding tert-OH is 2. The molecule has 1 aliphatic carbocycles. The van der Waals surface area contributed by atoms with Gasteiger partial charge >= 0.3 is 101 Å². The first-order valence-corrected chi connectivity index (χ1v) is 43.3. The van der Waals surface area contributed by atoms with Gasteiger partial charge in [-0.15, -0.1) is 58.8 Å². The third-order valence-electron chi connectivity index (χ3n) is 17.7. The van der Waals surface area contributed by atoms with E-state index >= 15 is 0 Å². The number of halogens is 1. The molecular formula is C84H103AlBFFeLiMnN5NaO28S5. The van der Waals surface area contributed by atoms with Crippen molar-refractivity contribution in [3.05, 3.63) is 175 Å². The quantitative estimate of drug-likeness (QED) is 0.0132. The number of Topliss-reactive ketones (excluding diaryl/α,β-unsaturated/α-hetero) is 3. The summed E-state index contributed by atoms with van der Waals surface area (Å²) >= 11 is 5.74. The van der Waals surface area contributed by atoms with Crippen molar-refractivity contribution in [2.45, 2.75) is 168 Å². The fourth-order valence-electron chi connectivity index (χ4n) is 11.9. The van der Waals surface area contributed by atoms with Gasteiger partial charge in [-0.1, -0.05) is 45.5 Å². The summed E-state index contributed by atoms with van der Waals surface area (Å²) in [4.78, 5) is 159. The van der Waals surface area contributed by atoms with Crippen molar-refractivity contribution < 1.29 is 216 Å². The molecule has 1 atom stereocenters. The molecule has 45 heteroatoms. The zero-order valence-corrected chi connectivity index (χ0v) is 79.9. The van der Waals surface area contributed by atoms with Crippen LogP contribution in [0.3, 0.4) is 0 Å². The number of ketones is 3. The summed E-state index contributed by atoms with van der Waals surface area (Å²) in [5, 5.41) is 45.2. The Morgan fingerprint density at radius 2 is 1.23 bits per heavy atom.